The monoisotopic (exact) mass is 139 g/mol. The lowest BCUT2D eigenvalue weighted by Crippen LogP contribution is -2.18. The molecular weight excluding hydrogens is 130 g/mol. The summed E-state index contributed by atoms with van der Waals surface area (Å²) in [5.74, 6) is -0.0328. The Bertz CT molecular complexity index is 205. The van der Waals surface area contributed by atoms with Gasteiger partial charge in [0.15, 0.2) is 0 Å². The Hall–Kier alpha value is -1.32. The van der Waals surface area contributed by atoms with E-state index in [1.54, 1.807) is 12.5 Å². The zero-order valence-corrected chi connectivity index (χ0v) is 5.72. The van der Waals surface area contributed by atoms with Crippen LogP contribution < -0.4 is 5.32 Å². The van der Waals surface area contributed by atoms with Gasteiger partial charge in [0.05, 0.1) is 18.6 Å². The first-order valence-electron chi connectivity index (χ1n) is 3.00. The second-order valence-electron chi connectivity index (χ2n) is 1.99. The molecule has 0 unspecified atom stereocenters. The van der Waals surface area contributed by atoms with E-state index in [2.05, 4.69) is 15.3 Å². The fourth-order valence-electron chi connectivity index (χ4n) is 0.601. The summed E-state index contributed by atoms with van der Waals surface area (Å²) in [6.07, 6.45) is 3.26. The van der Waals surface area contributed by atoms with Crippen LogP contribution in [-0.4, -0.2) is 15.9 Å². The van der Waals surface area contributed by atoms with Gasteiger partial charge in [-0.05, 0) is 0 Å². The SMILES string of the molecule is CC(=O)NCc1cnc[nH]1. The molecule has 0 fully saturated rings. The summed E-state index contributed by atoms with van der Waals surface area (Å²) in [5.41, 5.74) is 0.912. The smallest absolute Gasteiger partial charge is 0.217 e. The van der Waals surface area contributed by atoms with Gasteiger partial charge < -0.3 is 10.3 Å². The molecule has 0 aliphatic heterocycles. The molecule has 1 rings (SSSR count). The van der Waals surface area contributed by atoms with Crippen molar-refractivity contribution >= 4 is 5.91 Å². The van der Waals surface area contributed by atoms with Crippen molar-refractivity contribution in [2.75, 3.05) is 0 Å². The van der Waals surface area contributed by atoms with Crippen LogP contribution in [0, 0.1) is 0 Å². The number of amides is 1. The zero-order chi connectivity index (χ0) is 7.40. The highest BCUT2D eigenvalue weighted by Crippen LogP contribution is 1.87. The van der Waals surface area contributed by atoms with E-state index in [4.69, 9.17) is 0 Å². The predicted octanol–water partition coefficient (Wildman–Crippen LogP) is 0.0458. The molecule has 1 aromatic heterocycles. The zero-order valence-electron chi connectivity index (χ0n) is 5.72. The second-order valence-corrected chi connectivity index (χ2v) is 1.99. The maximum Gasteiger partial charge on any atom is 0.217 e. The van der Waals surface area contributed by atoms with Gasteiger partial charge in [0.2, 0.25) is 5.91 Å². The summed E-state index contributed by atoms with van der Waals surface area (Å²) in [4.78, 5) is 17.1. The molecule has 10 heavy (non-hydrogen) atoms. The van der Waals surface area contributed by atoms with Crippen LogP contribution in [0.2, 0.25) is 0 Å². The summed E-state index contributed by atoms with van der Waals surface area (Å²) in [7, 11) is 0. The molecule has 0 aliphatic carbocycles. The molecule has 0 saturated carbocycles. The van der Waals surface area contributed by atoms with Gasteiger partial charge in [0.25, 0.3) is 0 Å². The van der Waals surface area contributed by atoms with E-state index >= 15 is 0 Å². The van der Waals surface area contributed by atoms with Crippen LogP contribution in [-0.2, 0) is 11.3 Å². The minimum atomic E-state index is -0.0328. The van der Waals surface area contributed by atoms with E-state index in [9.17, 15) is 4.79 Å². The van der Waals surface area contributed by atoms with E-state index in [-0.39, 0.29) is 5.91 Å². The van der Waals surface area contributed by atoms with Gasteiger partial charge in [0, 0.05) is 13.1 Å². The number of nitrogens with one attached hydrogen (secondary N) is 2. The third kappa shape index (κ3) is 1.89. The molecule has 1 heterocycles. The Morgan fingerprint density at radius 1 is 1.90 bits per heavy atom. The molecule has 0 saturated heterocycles. The number of H-pyrrole nitrogens is 1. The van der Waals surface area contributed by atoms with Crippen LogP contribution >= 0.6 is 0 Å². The van der Waals surface area contributed by atoms with Crippen LogP contribution in [0.15, 0.2) is 12.5 Å². The lowest BCUT2D eigenvalue weighted by molar-refractivity contribution is -0.119. The average Bonchev–Trinajstić information content (AvgIpc) is 2.34. The molecule has 0 aromatic carbocycles. The van der Waals surface area contributed by atoms with Crippen molar-refractivity contribution in [3.63, 3.8) is 0 Å². The van der Waals surface area contributed by atoms with Crippen molar-refractivity contribution < 1.29 is 4.79 Å². The third-order valence-electron chi connectivity index (χ3n) is 1.08. The Morgan fingerprint density at radius 2 is 2.70 bits per heavy atom. The highest BCUT2D eigenvalue weighted by molar-refractivity contribution is 5.72. The summed E-state index contributed by atoms with van der Waals surface area (Å²) in [5, 5.41) is 2.64. The highest BCUT2D eigenvalue weighted by Gasteiger charge is 1.92. The van der Waals surface area contributed by atoms with Crippen LogP contribution in [0.5, 0.6) is 0 Å². The Kier molecular flexibility index (Phi) is 2.04. The molecule has 1 amide bonds. The number of aromatic amines is 1. The standard InChI is InChI=1S/C6H9N3O/c1-5(10)8-3-6-2-7-4-9-6/h2,4H,3H2,1H3,(H,7,9)(H,8,10). The first kappa shape index (κ1) is 6.80. The predicted molar refractivity (Wildman–Crippen MR) is 36.1 cm³/mol. The number of nitrogens with zero attached hydrogens (tertiary/aromatic N) is 1. The van der Waals surface area contributed by atoms with Gasteiger partial charge in [-0.3, -0.25) is 4.79 Å². The minimum Gasteiger partial charge on any atom is -0.351 e. The maximum absolute atomic E-state index is 10.4. The first-order chi connectivity index (χ1) is 4.79. The lowest BCUT2D eigenvalue weighted by Gasteiger charge is -1.96. The molecule has 4 heteroatoms. The molecule has 0 radical (unpaired) electrons. The van der Waals surface area contributed by atoms with Crippen molar-refractivity contribution in [2.24, 2.45) is 0 Å². The van der Waals surface area contributed by atoms with Crippen LogP contribution in [0.4, 0.5) is 0 Å². The van der Waals surface area contributed by atoms with E-state index in [1.165, 1.54) is 6.92 Å². The molecule has 4 nitrogen and oxygen atoms in total. The summed E-state index contributed by atoms with van der Waals surface area (Å²) in [6, 6.07) is 0. The Labute approximate surface area is 58.7 Å². The minimum absolute atomic E-state index is 0.0328. The Morgan fingerprint density at radius 3 is 3.20 bits per heavy atom. The van der Waals surface area contributed by atoms with Crippen molar-refractivity contribution in [3.05, 3.63) is 18.2 Å². The molecule has 1 aromatic rings. The van der Waals surface area contributed by atoms with Gasteiger partial charge >= 0.3 is 0 Å². The number of hydrogen-bond acceptors (Lipinski definition) is 2. The molecule has 54 valence electrons. The molecular formula is C6H9N3O. The van der Waals surface area contributed by atoms with Crippen molar-refractivity contribution in [1.29, 1.82) is 0 Å². The highest BCUT2D eigenvalue weighted by atomic mass is 16.1. The molecule has 0 spiro atoms. The molecule has 2 N–H and O–H groups in total. The van der Waals surface area contributed by atoms with Gasteiger partial charge in [-0.15, -0.1) is 0 Å². The second kappa shape index (κ2) is 3.00. The number of aromatic nitrogens is 2. The largest absolute Gasteiger partial charge is 0.351 e. The van der Waals surface area contributed by atoms with Crippen molar-refractivity contribution in [2.45, 2.75) is 13.5 Å². The van der Waals surface area contributed by atoms with E-state index in [1.807, 2.05) is 0 Å². The summed E-state index contributed by atoms with van der Waals surface area (Å²) in [6.45, 7) is 2.01. The quantitative estimate of drug-likeness (QED) is 0.608. The normalized spacial score (nSPS) is 9.30. The lowest BCUT2D eigenvalue weighted by atomic mass is 10.5. The Balaban J connectivity index is 2.35. The molecule has 0 bridgehead atoms. The molecule has 0 atom stereocenters. The van der Waals surface area contributed by atoms with Crippen LogP contribution in [0.3, 0.4) is 0 Å². The van der Waals surface area contributed by atoms with Crippen molar-refractivity contribution in [3.8, 4) is 0 Å². The number of carbonyl (C=O) groups is 1. The van der Waals surface area contributed by atoms with E-state index in [0.29, 0.717) is 6.54 Å². The van der Waals surface area contributed by atoms with Gasteiger partial charge in [-0.1, -0.05) is 0 Å². The van der Waals surface area contributed by atoms with Gasteiger partial charge in [0.1, 0.15) is 0 Å². The maximum atomic E-state index is 10.4. The van der Waals surface area contributed by atoms with Crippen LogP contribution in [0.25, 0.3) is 0 Å². The fourth-order valence-corrected chi connectivity index (χ4v) is 0.601. The van der Waals surface area contributed by atoms with Crippen LogP contribution in [0.1, 0.15) is 12.6 Å². The molecule has 0 aliphatic rings. The van der Waals surface area contributed by atoms with E-state index < -0.39 is 0 Å². The number of imidazole rings is 1. The summed E-state index contributed by atoms with van der Waals surface area (Å²) < 4.78 is 0. The topological polar surface area (TPSA) is 57.8 Å². The van der Waals surface area contributed by atoms with Gasteiger partial charge in [-0.25, -0.2) is 4.98 Å². The number of hydrogen-bond donors (Lipinski definition) is 2. The average molecular weight is 139 g/mol. The first-order valence-corrected chi connectivity index (χ1v) is 3.00. The van der Waals surface area contributed by atoms with E-state index in [0.717, 1.165) is 5.69 Å². The number of carbonyl (C=O) groups excluding carboxylic acids is 1. The van der Waals surface area contributed by atoms with Crippen molar-refractivity contribution in [1.82, 2.24) is 15.3 Å². The summed E-state index contributed by atoms with van der Waals surface area (Å²) >= 11 is 0. The third-order valence-corrected chi connectivity index (χ3v) is 1.08. The number of rotatable bonds is 2. The van der Waals surface area contributed by atoms with Gasteiger partial charge in [-0.2, -0.15) is 0 Å². The fraction of sp³-hybridized carbons (Fsp3) is 0.333.